The van der Waals surface area contributed by atoms with Crippen LogP contribution in [0.15, 0.2) is 64.6 Å². The van der Waals surface area contributed by atoms with Gasteiger partial charge in [0.05, 0.1) is 19.4 Å². The van der Waals surface area contributed by atoms with E-state index in [1.807, 2.05) is 41.8 Å². The Hall–Kier alpha value is -3.39. The Morgan fingerprint density at radius 1 is 1.13 bits per heavy atom. The van der Waals surface area contributed by atoms with Crippen LogP contribution in [0.2, 0.25) is 0 Å². The number of nitrogens with zero attached hydrogens (tertiary/aromatic N) is 2. The molecule has 0 bridgehead atoms. The summed E-state index contributed by atoms with van der Waals surface area (Å²) in [6.45, 7) is 0.344. The van der Waals surface area contributed by atoms with Crippen LogP contribution in [-0.2, 0) is 34.6 Å². The highest BCUT2D eigenvalue weighted by Gasteiger charge is 2.55. The van der Waals surface area contributed by atoms with E-state index in [-0.39, 0.29) is 24.9 Å². The number of urea groups is 1. The molecule has 2 aliphatic rings. The van der Waals surface area contributed by atoms with Crippen molar-refractivity contribution in [1.29, 1.82) is 0 Å². The number of furan rings is 1. The minimum atomic E-state index is -1.06. The van der Waals surface area contributed by atoms with Crippen LogP contribution in [-0.4, -0.2) is 34.2 Å². The fourth-order valence-electron chi connectivity index (χ4n) is 4.38. The average Bonchev–Trinajstić information content (AvgIpc) is 3.55. The van der Waals surface area contributed by atoms with Crippen molar-refractivity contribution in [3.05, 3.63) is 81.9 Å². The number of aryl methyl sites for hydroxylation is 1. The third kappa shape index (κ3) is 3.42. The van der Waals surface area contributed by atoms with Crippen LogP contribution in [0, 0.1) is 0 Å². The molecule has 1 aromatic carbocycles. The third-order valence-corrected chi connectivity index (χ3v) is 6.78. The molecule has 1 saturated heterocycles. The lowest BCUT2D eigenvalue weighted by Gasteiger charge is -2.25. The summed E-state index contributed by atoms with van der Waals surface area (Å²) in [5, 5.41) is 4.82. The Bertz CT molecular complexity index is 1090. The number of carbonyl (C=O) groups is 3. The standard InChI is InChI=1S/C23H21N3O4S/c27-20(25(13-17-6-3-11-30-17)14-18-7-4-12-31-18)15-26-21(28)23(24-22(26)29)10-9-16-5-1-2-8-19(16)23/h1-8,11-12H,9-10,13-15H2,(H,24,29). The zero-order valence-corrected chi connectivity index (χ0v) is 17.6. The molecule has 3 heterocycles. The molecule has 1 aliphatic heterocycles. The summed E-state index contributed by atoms with van der Waals surface area (Å²) in [6, 6.07) is 14.6. The van der Waals surface area contributed by atoms with Crippen molar-refractivity contribution < 1.29 is 18.8 Å². The summed E-state index contributed by atoms with van der Waals surface area (Å²) in [5.41, 5.74) is 0.823. The van der Waals surface area contributed by atoms with Gasteiger partial charge in [-0.15, -0.1) is 11.3 Å². The summed E-state index contributed by atoms with van der Waals surface area (Å²) in [5.74, 6) is -0.0233. The largest absolute Gasteiger partial charge is 0.467 e. The average molecular weight is 436 g/mol. The first-order valence-corrected chi connectivity index (χ1v) is 11.0. The number of imide groups is 1. The summed E-state index contributed by atoms with van der Waals surface area (Å²) in [4.78, 5) is 43.0. The first kappa shape index (κ1) is 19.6. The van der Waals surface area contributed by atoms with Gasteiger partial charge in [-0.25, -0.2) is 4.79 Å². The van der Waals surface area contributed by atoms with E-state index >= 15 is 0 Å². The lowest BCUT2D eigenvalue weighted by Crippen LogP contribution is -2.44. The Morgan fingerprint density at radius 2 is 2.00 bits per heavy atom. The highest BCUT2D eigenvalue weighted by Crippen LogP contribution is 2.41. The van der Waals surface area contributed by atoms with Crippen molar-refractivity contribution >= 4 is 29.2 Å². The number of hydrogen-bond donors (Lipinski definition) is 1. The van der Waals surface area contributed by atoms with E-state index in [1.165, 1.54) is 0 Å². The van der Waals surface area contributed by atoms with Gasteiger partial charge in [-0.05, 0) is 47.5 Å². The summed E-state index contributed by atoms with van der Waals surface area (Å²) < 4.78 is 5.41. The molecule has 1 spiro atoms. The van der Waals surface area contributed by atoms with E-state index < -0.39 is 11.6 Å². The minimum Gasteiger partial charge on any atom is -0.467 e. The maximum atomic E-state index is 13.4. The van der Waals surface area contributed by atoms with Gasteiger partial charge >= 0.3 is 6.03 Å². The summed E-state index contributed by atoms with van der Waals surface area (Å²) >= 11 is 1.55. The van der Waals surface area contributed by atoms with Crippen LogP contribution >= 0.6 is 11.3 Å². The van der Waals surface area contributed by atoms with Crippen LogP contribution in [0.4, 0.5) is 4.79 Å². The third-order valence-electron chi connectivity index (χ3n) is 5.92. The fraction of sp³-hybridized carbons (Fsp3) is 0.261. The van der Waals surface area contributed by atoms with E-state index in [0.29, 0.717) is 25.1 Å². The molecule has 1 unspecified atom stereocenters. The highest BCUT2D eigenvalue weighted by atomic mass is 32.1. The van der Waals surface area contributed by atoms with Crippen LogP contribution < -0.4 is 5.32 Å². The van der Waals surface area contributed by atoms with E-state index in [0.717, 1.165) is 20.9 Å². The van der Waals surface area contributed by atoms with E-state index in [9.17, 15) is 14.4 Å². The highest BCUT2D eigenvalue weighted by molar-refractivity contribution is 7.09. The Labute approximate surface area is 183 Å². The smallest absolute Gasteiger partial charge is 0.325 e. The van der Waals surface area contributed by atoms with Crippen LogP contribution in [0.25, 0.3) is 0 Å². The number of nitrogens with one attached hydrogen (secondary N) is 1. The molecule has 1 fully saturated rings. The first-order chi connectivity index (χ1) is 15.1. The molecular weight excluding hydrogens is 414 g/mol. The molecule has 1 N–H and O–H groups in total. The summed E-state index contributed by atoms with van der Waals surface area (Å²) in [7, 11) is 0. The second kappa shape index (κ2) is 7.70. The molecular formula is C23H21N3O4S. The van der Waals surface area contributed by atoms with Gasteiger partial charge < -0.3 is 14.6 Å². The molecule has 31 heavy (non-hydrogen) atoms. The predicted molar refractivity (Wildman–Crippen MR) is 114 cm³/mol. The van der Waals surface area contributed by atoms with Crippen LogP contribution in [0.3, 0.4) is 0 Å². The van der Waals surface area contributed by atoms with E-state index in [2.05, 4.69) is 5.32 Å². The second-order valence-electron chi connectivity index (χ2n) is 7.79. The molecule has 5 rings (SSSR count). The number of fused-ring (bicyclic) bond motifs is 2. The summed E-state index contributed by atoms with van der Waals surface area (Å²) in [6.07, 6.45) is 2.78. The second-order valence-corrected chi connectivity index (χ2v) is 8.82. The first-order valence-electron chi connectivity index (χ1n) is 10.1. The number of hydrogen-bond acceptors (Lipinski definition) is 5. The molecule has 0 radical (unpaired) electrons. The van der Waals surface area contributed by atoms with Gasteiger partial charge in [0, 0.05) is 4.88 Å². The van der Waals surface area contributed by atoms with Crippen molar-refractivity contribution in [1.82, 2.24) is 15.1 Å². The van der Waals surface area contributed by atoms with Crippen molar-refractivity contribution in [3.63, 3.8) is 0 Å². The van der Waals surface area contributed by atoms with Crippen molar-refractivity contribution in [2.75, 3.05) is 6.54 Å². The van der Waals surface area contributed by atoms with Gasteiger partial charge in [0.25, 0.3) is 5.91 Å². The van der Waals surface area contributed by atoms with Crippen molar-refractivity contribution in [2.45, 2.75) is 31.5 Å². The van der Waals surface area contributed by atoms with E-state index in [4.69, 9.17) is 4.42 Å². The zero-order chi connectivity index (χ0) is 21.4. The molecule has 1 atom stereocenters. The Balaban J connectivity index is 1.37. The normalized spacial score (nSPS) is 19.7. The predicted octanol–water partition coefficient (Wildman–Crippen LogP) is 3.26. The Morgan fingerprint density at radius 3 is 2.77 bits per heavy atom. The van der Waals surface area contributed by atoms with Gasteiger partial charge in [-0.2, -0.15) is 0 Å². The van der Waals surface area contributed by atoms with Gasteiger partial charge in [-0.3, -0.25) is 14.5 Å². The van der Waals surface area contributed by atoms with Gasteiger partial charge in [-0.1, -0.05) is 30.3 Å². The molecule has 0 saturated carbocycles. The quantitative estimate of drug-likeness (QED) is 0.603. The van der Waals surface area contributed by atoms with E-state index in [1.54, 1.807) is 34.6 Å². The van der Waals surface area contributed by atoms with Crippen LogP contribution in [0.1, 0.15) is 28.2 Å². The molecule has 8 heteroatoms. The molecule has 7 nitrogen and oxygen atoms in total. The molecule has 3 aromatic rings. The topological polar surface area (TPSA) is 82.9 Å². The number of carbonyl (C=O) groups excluding carboxylic acids is 3. The maximum absolute atomic E-state index is 13.4. The molecule has 2 aromatic heterocycles. The van der Waals surface area contributed by atoms with Gasteiger partial charge in [0.1, 0.15) is 17.8 Å². The number of amides is 4. The maximum Gasteiger partial charge on any atom is 0.325 e. The number of thiophene rings is 1. The van der Waals surface area contributed by atoms with Gasteiger partial charge in [0.2, 0.25) is 5.91 Å². The van der Waals surface area contributed by atoms with Crippen molar-refractivity contribution in [3.8, 4) is 0 Å². The van der Waals surface area contributed by atoms with Gasteiger partial charge in [0.15, 0.2) is 0 Å². The molecule has 1 aliphatic carbocycles. The number of rotatable bonds is 6. The van der Waals surface area contributed by atoms with Crippen LogP contribution in [0.5, 0.6) is 0 Å². The lowest BCUT2D eigenvalue weighted by atomic mass is 9.92. The van der Waals surface area contributed by atoms with Crippen molar-refractivity contribution in [2.24, 2.45) is 0 Å². The monoisotopic (exact) mass is 435 g/mol. The number of benzene rings is 1. The SMILES string of the molecule is O=C(CN1C(=O)NC2(CCc3ccccc32)C1=O)N(Cc1ccco1)Cc1cccs1. The Kier molecular flexibility index (Phi) is 4.86. The fourth-order valence-corrected chi connectivity index (χ4v) is 5.10. The molecule has 158 valence electrons. The molecule has 4 amide bonds. The minimum absolute atomic E-state index is 0.265. The zero-order valence-electron chi connectivity index (χ0n) is 16.7. The lowest BCUT2D eigenvalue weighted by molar-refractivity contribution is -0.140.